The summed E-state index contributed by atoms with van der Waals surface area (Å²) in [6.45, 7) is 0. The van der Waals surface area contributed by atoms with Crippen molar-refractivity contribution in [2.24, 2.45) is 0 Å². The highest BCUT2D eigenvalue weighted by molar-refractivity contribution is 5.90. The van der Waals surface area contributed by atoms with E-state index in [0.717, 1.165) is 12.8 Å². The van der Waals surface area contributed by atoms with Crippen LogP contribution in [0.5, 0.6) is 0 Å². The smallest absolute Gasteiger partial charge is 0.141 e. The van der Waals surface area contributed by atoms with Crippen molar-refractivity contribution in [3.63, 3.8) is 0 Å². The van der Waals surface area contributed by atoms with Gasteiger partial charge >= 0.3 is 0 Å². The van der Waals surface area contributed by atoms with Gasteiger partial charge in [-0.05, 0) is 40.3 Å². The minimum Gasteiger partial charge on any atom is -0.299 e. The molecule has 0 aromatic heterocycles. The van der Waals surface area contributed by atoms with E-state index in [1.807, 2.05) is 6.07 Å². The van der Waals surface area contributed by atoms with E-state index in [0.29, 0.717) is 12.2 Å². The number of Topliss-reactive ketones (excluding diaryl/α,β-unsaturated/α-hetero) is 1. The van der Waals surface area contributed by atoms with Gasteiger partial charge in [-0.1, -0.05) is 66.7 Å². The molecule has 0 saturated carbocycles. The molecule has 1 aliphatic carbocycles. The number of carbonyl (C=O) groups is 1. The predicted molar refractivity (Wildman–Crippen MR) is 90.2 cm³/mol. The van der Waals surface area contributed by atoms with Crippen molar-refractivity contribution >= 4 is 16.6 Å². The van der Waals surface area contributed by atoms with Crippen molar-refractivity contribution in [2.45, 2.75) is 25.2 Å². The minimum atomic E-state index is 0.00996. The summed E-state index contributed by atoms with van der Waals surface area (Å²) in [5.74, 6) is 0.391. The van der Waals surface area contributed by atoms with Gasteiger partial charge in [-0.25, -0.2) is 0 Å². The Hall–Kier alpha value is -2.41. The largest absolute Gasteiger partial charge is 0.299 e. The second-order valence-corrected chi connectivity index (χ2v) is 6.06. The third-order valence-corrected chi connectivity index (χ3v) is 4.76. The summed E-state index contributed by atoms with van der Waals surface area (Å²) in [6, 6.07) is 23.2. The molecule has 0 N–H and O–H groups in total. The Morgan fingerprint density at radius 2 is 1.59 bits per heavy atom. The lowest BCUT2D eigenvalue weighted by molar-refractivity contribution is -0.120. The standard InChI is InChI=1S/C21H18O/c22-21-13-12-16-7-2-4-11-19(16)20(21)14-17-9-5-8-15-6-1-3-10-18(15)17/h1-11,20H,12-14H2. The van der Waals surface area contributed by atoms with E-state index in [4.69, 9.17) is 0 Å². The molecule has 1 heteroatoms. The quantitative estimate of drug-likeness (QED) is 0.668. The van der Waals surface area contributed by atoms with Crippen molar-refractivity contribution in [2.75, 3.05) is 0 Å². The lowest BCUT2D eigenvalue weighted by atomic mass is 9.78. The molecule has 0 bridgehead atoms. The SMILES string of the molecule is O=C1CCc2ccccc2C1Cc1cccc2ccccc12. The monoisotopic (exact) mass is 286 g/mol. The molecular weight excluding hydrogens is 268 g/mol. The summed E-state index contributed by atoms with van der Waals surface area (Å²) in [7, 11) is 0. The zero-order chi connectivity index (χ0) is 14.9. The Bertz CT molecular complexity index is 842. The summed E-state index contributed by atoms with van der Waals surface area (Å²) in [5, 5.41) is 2.51. The van der Waals surface area contributed by atoms with Gasteiger partial charge in [0.15, 0.2) is 0 Å². The first-order valence-corrected chi connectivity index (χ1v) is 7.90. The molecule has 1 nitrogen and oxygen atoms in total. The molecule has 1 atom stereocenters. The Labute approximate surface area is 130 Å². The van der Waals surface area contributed by atoms with E-state index in [9.17, 15) is 4.79 Å². The van der Waals surface area contributed by atoms with Crippen LogP contribution in [-0.4, -0.2) is 5.78 Å². The van der Waals surface area contributed by atoms with Gasteiger partial charge in [0.05, 0.1) is 0 Å². The molecule has 0 saturated heterocycles. The molecule has 4 rings (SSSR count). The summed E-state index contributed by atoms with van der Waals surface area (Å²) in [4.78, 5) is 12.5. The zero-order valence-corrected chi connectivity index (χ0v) is 12.5. The fraction of sp³-hybridized carbons (Fsp3) is 0.190. The maximum Gasteiger partial charge on any atom is 0.141 e. The highest BCUT2D eigenvalue weighted by Crippen LogP contribution is 2.33. The lowest BCUT2D eigenvalue weighted by Crippen LogP contribution is -2.22. The molecule has 3 aromatic carbocycles. The fourth-order valence-electron chi connectivity index (χ4n) is 3.62. The number of aryl methyl sites for hydroxylation is 1. The molecule has 0 heterocycles. The van der Waals surface area contributed by atoms with E-state index in [-0.39, 0.29) is 5.92 Å². The van der Waals surface area contributed by atoms with Gasteiger partial charge in [0, 0.05) is 12.3 Å². The molecule has 0 radical (unpaired) electrons. The molecule has 0 spiro atoms. The summed E-state index contributed by atoms with van der Waals surface area (Å²) in [5.41, 5.74) is 3.84. The van der Waals surface area contributed by atoms with E-state index in [2.05, 4.69) is 60.7 Å². The number of carbonyl (C=O) groups excluding carboxylic acids is 1. The fourth-order valence-corrected chi connectivity index (χ4v) is 3.62. The first-order valence-electron chi connectivity index (χ1n) is 7.90. The summed E-state index contributed by atoms with van der Waals surface area (Å²) >= 11 is 0. The highest BCUT2D eigenvalue weighted by atomic mass is 16.1. The average Bonchev–Trinajstić information content (AvgIpc) is 2.58. The highest BCUT2D eigenvalue weighted by Gasteiger charge is 2.27. The van der Waals surface area contributed by atoms with Gasteiger partial charge in [-0.15, -0.1) is 0 Å². The van der Waals surface area contributed by atoms with Crippen LogP contribution >= 0.6 is 0 Å². The van der Waals surface area contributed by atoms with Crippen LogP contribution < -0.4 is 0 Å². The maximum absolute atomic E-state index is 12.5. The Kier molecular flexibility index (Phi) is 3.27. The number of fused-ring (bicyclic) bond motifs is 2. The summed E-state index contributed by atoms with van der Waals surface area (Å²) < 4.78 is 0. The zero-order valence-electron chi connectivity index (χ0n) is 12.5. The van der Waals surface area contributed by atoms with E-state index < -0.39 is 0 Å². The van der Waals surface area contributed by atoms with E-state index in [1.54, 1.807) is 0 Å². The topological polar surface area (TPSA) is 17.1 Å². The molecule has 0 fully saturated rings. The first kappa shape index (κ1) is 13.3. The van der Waals surface area contributed by atoms with Crippen LogP contribution in [0.4, 0.5) is 0 Å². The molecule has 1 unspecified atom stereocenters. The van der Waals surface area contributed by atoms with Crippen LogP contribution in [0, 0.1) is 0 Å². The van der Waals surface area contributed by atoms with Crippen LogP contribution in [0.2, 0.25) is 0 Å². The first-order chi connectivity index (χ1) is 10.8. The molecule has 1 aliphatic rings. The molecule has 108 valence electrons. The van der Waals surface area contributed by atoms with Gasteiger partial charge in [-0.3, -0.25) is 4.79 Å². The van der Waals surface area contributed by atoms with Crippen LogP contribution in [0.15, 0.2) is 66.7 Å². The van der Waals surface area contributed by atoms with Crippen LogP contribution in [-0.2, 0) is 17.6 Å². The van der Waals surface area contributed by atoms with E-state index in [1.165, 1.54) is 27.5 Å². The average molecular weight is 286 g/mol. The molecule has 0 amide bonds. The van der Waals surface area contributed by atoms with Crippen LogP contribution in [0.3, 0.4) is 0 Å². The predicted octanol–water partition coefficient (Wildman–Crippen LogP) is 4.68. The van der Waals surface area contributed by atoms with Gasteiger partial charge in [0.1, 0.15) is 5.78 Å². The Morgan fingerprint density at radius 1 is 0.818 bits per heavy atom. The van der Waals surface area contributed by atoms with Gasteiger partial charge in [-0.2, -0.15) is 0 Å². The number of rotatable bonds is 2. The van der Waals surface area contributed by atoms with Crippen molar-refractivity contribution in [1.82, 2.24) is 0 Å². The lowest BCUT2D eigenvalue weighted by Gasteiger charge is -2.25. The number of hydrogen-bond donors (Lipinski definition) is 0. The van der Waals surface area contributed by atoms with Gasteiger partial charge < -0.3 is 0 Å². The van der Waals surface area contributed by atoms with E-state index >= 15 is 0 Å². The van der Waals surface area contributed by atoms with Gasteiger partial charge in [0.2, 0.25) is 0 Å². The molecule has 3 aromatic rings. The van der Waals surface area contributed by atoms with Crippen molar-refractivity contribution < 1.29 is 4.79 Å². The van der Waals surface area contributed by atoms with Crippen LogP contribution in [0.25, 0.3) is 10.8 Å². The Balaban J connectivity index is 1.78. The van der Waals surface area contributed by atoms with Crippen molar-refractivity contribution in [3.05, 3.63) is 83.4 Å². The second kappa shape index (κ2) is 5.42. The van der Waals surface area contributed by atoms with Gasteiger partial charge in [0.25, 0.3) is 0 Å². The maximum atomic E-state index is 12.5. The van der Waals surface area contributed by atoms with Crippen molar-refractivity contribution in [3.8, 4) is 0 Å². The number of hydrogen-bond acceptors (Lipinski definition) is 1. The summed E-state index contributed by atoms with van der Waals surface area (Å²) in [6.07, 6.45) is 2.37. The minimum absolute atomic E-state index is 0.00996. The van der Waals surface area contributed by atoms with Crippen LogP contribution in [0.1, 0.15) is 29.0 Å². The second-order valence-electron chi connectivity index (χ2n) is 6.06. The number of ketones is 1. The molecule has 22 heavy (non-hydrogen) atoms. The Morgan fingerprint density at radius 3 is 2.55 bits per heavy atom. The molecular formula is C21H18O. The number of benzene rings is 3. The van der Waals surface area contributed by atoms with Crippen molar-refractivity contribution in [1.29, 1.82) is 0 Å². The normalized spacial score (nSPS) is 17.5. The third kappa shape index (κ3) is 2.23. The third-order valence-electron chi connectivity index (χ3n) is 4.76. The molecule has 0 aliphatic heterocycles.